The second-order valence-corrected chi connectivity index (χ2v) is 7.15. The topological polar surface area (TPSA) is 98.4 Å². The highest BCUT2D eigenvalue weighted by atomic mass is 16.5. The van der Waals surface area contributed by atoms with Crippen molar-refractivity contribution < 1.29 is 19.0 Å². The van der Waals surface area contributed by atoms with E-state index >= 15 is 0 Å². The van der Waals surface area contributed by atoms with E-state index in [4.69, 9.17) is 14.2 Å². The number of ether oxygens (including phenoxy) is 3. The van der Waals surface area contributed by atoms with Gasteiger partial charge in [0, 0.05) is 5.56 Å². The molecule has 1 heterocycles. The lowest BCUT2D eigenvalue weighted by molar-refractivity contribution is -0.123. The fraction of sp³-hybridized carbons (Fsp3) is 0.160. The number of methoxy groups -OCH3 is 1. The first kappa shape index (κ1) is 21.9. The van der Waals surface area contributed by atoms with Crippen molar-refractivity contribution in [3.63, 3.8) is 0 Å². The first-order valence-corrected chi connectivity index (χ1v) is 10.4. The molecule has 0 atom stereocenters. The van der Waals surface area contributed by atoms with Crippen LogP contribution in [0.1, 0.15) is 11.4 Å². The summed E-state index contributed by atoms with van der Waals surface area (Å²) in [5, 5.41) is 9.77. The standard InChI is InChI=1S/C25H24N4O4/c1-31-20-9-7-19(8-10-20)25-27-23(28-29-25)15-26-24(30)17-33-22-13-11-21(12-14-22)32-16-18-5-3-2-4-6-18/h2-14H,15-17H2,1H3,(H,26,30)(H,27,28,29). The maximum atomic E-state index is 12.1. The van der Waals surface area contributed by atoms with Crippen LogP contribution in [0.3, 0.4) is 0 Å². The minimum Gasteiger partial charge on any atom is -0.497 e. The van der Waals surface area contributed by atoms with Crippen LogP contribution in [0, 0.1) is 0 Å². The van der Waals surface area contributed by atoms with Crippen LogP contribution in [0.4, 0.5) is 0 Å². The zero-order valence-corrected chi connectivity index (χ0v) is 18.2. The van der Waals surface area contributed by atoms with Crippen LogP contribution < -0.4 is 19.5 Å². The van der Waals surface area contributed by atoms with E-state index < -0.39 is 0 Å². The molecule has 8 nitrogen and oxygen atoms in total. The Labute approximate surface area is 191 Å². The molecule has 3 aromatic carbocycles. The predicted octanol–water partition coefficient (Wildman–Crippen LogP) is 3.75. The van der Waals surface area contributed by atoms with Crippen molar-refractivity contribution in [2.75, 3.05) is 13.7 Å². The Balaban J connectivity index is 1.20. The molecule has 0 saturated carbocycles. The Kier molecular flexibility index (Phi) is 7.17. The Morgan fingerprint density at radius 3 is 2.24 bits per heavy atom. The van der Waals surface area contributed by atoms with Crippen LogP contribution in [0.2, 0.25) is 0 Å². The van der Waals surface area contributed by atoms with Crippen molar-refractivity contribution in [2.24, 2.45) is 0 Å². The summed E-state index contributed by atoms with van der Waals surface area (Å²) in [5.74, 6) is 2.91. The van der Waals surface area contributed by atoms with E-state index in [9.17, 15) is 4.79 Å². The number of H-pyrrole nitrogens is 1. The van der Waals surface area contributed by atoms with Crippen molar-refractivity contribution in [3.05, 3.63) is 90.3 Å². The van der Waals surface area contributed by atoms with Gasteiger partial charge in [0.15, 0.2) is 12.4 Å². The van der Waals surface area contributed by atoms with Crippen LogP contribution in [-0.4, -0.2) is 34.8 Å². The third-order valence-corrected chi connectivity index (χ3v) is 4.77. The van der Waals surface area contributed by atoms with Crippen LogP contribution in [0.5, 0.6) is 17.2 Å². The maximum absolute atomic E-state index is 12.1. The van der Waals surface area contributed by atoms with E-state index in [1.54, 1.807) is 19.2 Å². The molecule has 4 aromatic rings. The largest absolute Gasteiger partial charge is 0.497 e. The van der Waals surface area contributed by atoms with Crippen LogP contribution in [0.15, 0.2) is 78.9 Å². The number of nitrogens with zero attached hydrogens (tertiary/aromatic N) is 2. The molecule has 0 bridgehead atoms. The summed E-state index contributed by atoms with van der Waals surface area (Å²) in [4.78, 5) is 16.5. The highest BCUT2D eigenvalue weighted by Gasteiger charge is 2.08. The van der Waals surface area contributed by atoms with Crippen LogP contribution in [0.25, 0.3) is 11.4 Å². The third kappa shape index (κ3) is 6.33. The number of aromatic amines is 1. The molecule has 0 saturated heterocycles. The van der Waals surface area contributed by atoms with Crippen molar-refractivity contribution in [2.45, 2.75) is 13.2 Å². The molecule has 0 spiro atoms. The van der Waals surface area contributed by atoms with Gasteiger partial charge < -0.3 is 19.5 Å². The Bertz CT molecular complexity index is 1160. The summed E-state index contributed by atoms with van der Waals surface area (Å²) in [6, 6.07) is 24.5. The van der Waals surface area contributed by atoms with Crippen LogP contribution in [-0.2, 0) is 17.9 Å². The first-order valence-electron chi connectivity index (χ1n) is 10.4. The number of benzene rings is 3. The number of rotatable bonds is 10. The van der Waals surface area contributed by atoms with Gasteiger partial charge in [0.05, 0.1) is 13.7 Å². The minimum atomic E-state index is -0.262. The fourth-order valence-electron chi connectivity index (χ4n) is 3.00. The normalized spacial score (nSPS) is 10.5. The van der Waals surface area contributed by atoms with E-state index in [1.165, 1.54) is 0 Å². The minimum absolute atomic E-state index is 0.107. The molecule has 168 valence electrons. The second kappa shape index (κ2) is 10.8. The van der Waals surface area contributed by atoms with Crippen LogP contribution >= 0.6 is 0 Å². The van der Waals surface area contributed by atoms with E-state index in [2.05, 4.69) is 20.5 Å². The van der Waals surface area contributed by atoms with Gasteiger partial charge in [0.2, 0.25) is 0 Å². The quantitative estimate of drug-likeness (QED) is 0.387. The Morgan fingerprint density at radius 2 is 1.55 bits per heavy atom. The van der Waals surface area contributed by atoms with Gasteiger partial charge in [-0.05, 0) is 54.1 Å². The molecular weight excluding hydrogens is 420 g/mol. The van der Waals surface area contributed by atoms with Gasteiger partial charge in [-0.3, -0.25) is 9.89 Å². The molecule has 4 rings (SSSR count). The smallest absolute Gasteiger partial charge is 0.258 e. The summed E-state index contributed by atoms with van der Waals surface area (Å²) >= 11 is 0. The average molecular weight is 444 g/mol. The van der Waals surface area contributed by atoms with Crippen molar-refractivity contribution >= 4 is 5.91 Å². The van der Waals surface area contributed by atoms with E-state index in [-0.39, 0.29) is 19.1 Å². The molecule has 8 heteroatoms. The van der Waals surface area contributed by atoms with Gasteiger partial charge in [0.25, 0.3) is 5.91 Å². The molecular formula is C25H24N4O4. The molecule has 0 unspecified atom stereocenters. The lowest BCUT2D eigenvalue weighted by atomic mass is 10.2. The van der Waals surface area contributed by atoms with E-state index in [0.717, 1.165) is 22.6 Å². The lowest BCUT2D eigenvalue weighted by Gasteiger charge is -2.09. The zero-order chi connectivity index (χ0) is 22.9. The average Bonchev–Trinajstić information content (AvgIpc) is 3.35. The molecule has 0 aliphatic heterocycles. The highest BCUT2D eigenvalue weighted by Crippen LogP contribution is 2.20. The van der Waals surface area contributed by atoms with E-state index in [1.807, 2.05) is 66.7 Å². The van der Waals surface area contributed by atoms with Gasteiger partial charge in [-0.15, -0.1) is 0 Å². The number of carbonyl (C=O) groups excluding carboxylic acids is 1. The van der Waals surface area contributed by atoms with Gasteiger partial charge in [-0.2, -0.15) is 5.10 Å². The summed E-state index contributed by atoms with van der Waals surface area (Å²) in [6.07, 6.45) is 0. The number of hydrogen-bond donors (Lipinski definition) is 2. The highest BCUT2D eigenvalue weighted by molar-refractivity contribution is 5.77. The molecule has 0 radical (unpaired) electrons. The summed E-state index contributed by atoms with van der Waals surface area (Å²) < 4.78 is 16.4. The monoisotopic (exact) mass is 444 g/mol. The summed E-state index contributed by atoms with van der Waals surface area (Å²) in [7, 11) is 1.61. The third-order valence-electron chi connectivity index (χ3n) is 4.77. The van der Waals surface area contributed by atoms with E-state index in [0.29, 0.717) is 24.0 Å². The van der Waals surface area contributed by atoms with Crippen molar-refractivity contribution in [1.29, 1.82) is 0 Å². The van der Waals surface area contributed by atoms with Gasteiger partial charge in [0.1, 0.15) is 29.7 Å². The Morgan fingerprint density at radius 1 is 0.879 bits per heavy atom. The predicted molar refractivity (Wildman–Crippen MR) is 123 cm³/mol. The molecule has 33 heavy (non-hydrogen) atoms. The lowest BCUT2D eigenvalue weighted by Crippen LogP contribution is -2.28. The number of hydrogen-bond acceptors (Lipinski definition) is 6. The molecule has 1 aromatic heterocycles. The van der Waals surface area contributed by atoms with Crippen molar-refractivity contribution in [1.82, 2.24) is 20.5 Å². The number of aromatic nitrogens is 3. The fourth-order valence-corrected chi connectivity index (χ4v) is 3.00. The van der Waals surface area contributed by atoms with Gasteiger partial charge in [-0.25, -0.2) is 4.98 Å². The zero-order valence-electron chi connectivity index (χ0n) is 18.2. The molecule has 0 fully saturated rings. The summed E-state index contributed by atoms with van der Waals surface area (Å²) in [5.41, 5.74) is 1.95. The van der Waals surface area contributed by atoms with Crippen molar-refractivity contribution in [3.8, 4) is 28.6 Å². The molecule has 0 aliphatic rings. The first-order chi connectivity index (χ1) is 16.2. The summed E-state index contributed by atoms with van der Waals surface area (Å²) in [6.45, 7) is 0.604. The second-order valence-electron chi connectivity index (χ2n) is 7.15. The maximum Gasteiger partial charge on any atom is 0.258 e. The molecule has 1 amide bonds. The Hall–Kier alpha value is -4.33. The molecule has 2 N–H and O–H groups in total. The van der Waals surface area contributed by atoms with Gasteiger partial charge >= 0.3 is 0 Å². The number of amides is 1. The van der Waals surface area contributed by atoms with Gasteiger partial charge in [-0.1, -0.05) is 30.3 Å². The number of nitrogens with one attached hydrogen (secondary N) is 2. The molecule has 0 aliphatic carbocycles. The number of carbonyl (C=O) groups is 1. The SMILES string of the molecule is COc1ccc(-c2n[nH]c(CNC(=O)COc3ccc(OCc4ccccc4)cc3)n2)cc1.